The molecule has 1 aliphatic rings. The van der Waals surface area contributed by atoms with Gasteiger partial charge in [-0.3, -0.25) is 4.79 Å². The van der Waals surface area contributed by atoms with Crippen molar-refractivity contribution in [2.45, 2.75) is 26.2 Å². The van der Waals surface area contributed by atoms with Crippen LogP contribution in [-0.4, -0.2) is 12.9 Å². The molecule has 1 saturated carbocycles. The van der Waals surface area contributed by atoms with E-state index in [4.69, 9.17) is 4.74 Å². The Morgan fingerprint density at radius 3 is 2.94 bits per heavy atom. The van der Waals surface area contributed by atoms with Crippen molar-refractivity contribution in [1.82, 2.24) is 0 Å². The molecule has 90 valence electrons. The largest absolute Gasteiger partial charge is 0.497 e. The van der Waals surface area contributed by atoms with Crippen molar-refractivity contribution in [1.29, 1.82) is 0 Å². The van der Waals surface area contributed by atoms with Crippen molar-refractivity contribution in [2.75, 3.05) is 7.11 Å². The van der Waals surface area contributed by atoms with Gasteiger partial charge in [-0.25, -0.2) is 0 Å². The van der Waals surface area contributed by atoms with Gasteiger partial charge >= 0.3 is 0 Å². The third-order valence-corrected chi connectivity index (χ3v) is 3.23. The van der Waals surface area contributed by atoms with Crippen LogP contribution in [0.4, 0.5) is 0 Å². The second kappa shape index (κ2) is 5.17. The van der Waals surface area contributed by atoms with Gasteiger partial charge in [0.1, 0.15) is 5.75 Å². The quantitative estimate of drug-likeness (QED) is 0.727. The highest BCUT2D eigenvalue weighted by Gasteiger charge is 2.20. The molecular formula is C15H18O2. The summed E-state index contributed by atoms with van der Waals surface area (Å²) in [5, 5.41) is 0. The Labute approximate surface area is 102 Å². The molecule has 1 unspecified atom stereocenters. The van der Waals surface area contributed by atoms with Crippen molar-refractivity contribution >= 4 is 11.9 Å². The first-order chi connectivity index (χ1) is 8.19. The van der Waals surface area contributed by atoms with E-state index in [0.717, 1.165) is 29.7 Å². The lowest BCUT2D eigenvalue weighted by Gasteiger charge is -2.19. The standard InChI is InChI=1S/C15H18O2/c1-11-6-7-13(15(16)8-11)9-12-4-3-5-14(10-12)17-2/h3-5,9-11H,6-8H2,1-2H3/b13-9-. The summed E-state index contributed by atoms with van der Waals surface area (Å²) in [6, 6.07) is 7.81. The summed E-state index contributed by atoms with van der Waals surface area (Å²) >= 11 is 0. The van der Waals surface area contributed by atoms with Crippen LogP contribution in [0.5, 0.6) is 5.75 Å². The Balaban J connectivity index is 2.20. The second-order valence-electron chi connectivity index (χ2n) is 4.72. The van der Waals surface area contributed by atoms with Crippen molar-refractivity contribution in [3.8, 4) is 5.75 Å². The summed E-state index contributed by atoms with van der Waals surface area (Å²) in [5.41, 5.74) is 2.00. The highest BCUT2D eigenvalue weighted by molar-refractivity contribution is 6.00. The number of carbonyl (C=O) groups excluding carboxylic acids is 1. The molecule has 0 spiro atoms. The van der Waals surface area contributed by atoms with Crippen LogP contribution in [0, 0.1) is 5.92 Å². The fraction of sp³-hybridized carbons (Fsp3) is 0.400. The minimum Gasteiger partial charge on any atom is -0.497 e. The maximum absolute atomic E-state index is 11.9. The van der Waals surface area contributed by atoms with Crippen LogP contribution < -0.4 is 4.74 Å². The van der Waals surface area contributed by atoms with Crippen LogP contribution in [0.15, 0.2) is 29.8 Å². The second-order valence-corrected chi connectivity index (χ2v) is 4.72. The predicted molar refractivity (Wildman–Crippen MR) is 69.0 cm³/mol. The fourth-order valence-electron chi connectivity index (χ4n) is 2.18. The number of hydrogen-bond donors (Lipinski definition) is 0. The molecule has 0 radical (unpaired) electrons. The lowest BCUT2D eigenvalue weighted by Crippen LogP contribution is -2.15. The summed E-state index contributed by atoms with van der Waals surface area (Å²) in [4.78, 5) is 11.9. The molecule has 0 aliphatic heterocycles. The summed E-state index contributed by atoms with van der Waals surface area (Å²) in [6.07, 6.45) is 4.70. The molecule has 1 aromatic rings. The van der Waals surface area contributed by atoms with Crippen molar-refractivity contribution in [2.24, 2.45) is 5.92 Å². The highest BCUT2D eigenvalue weighted by atomic mass is 16.5. The van der Waals surface area contributed by atoms with Crippen LogP contribution in [0.25, 0.3) is 6.08 Å². The number of Topliss-reactive ketones (excluding diaryl/α,β-unsaturated/α-hetero) is 1. The zero-order chi connectivity index (χ0) is 12.3. The van der Waals surface area contributed by atoms with Crippen LogP contribution in [0.2, 0.25) is 0 Å². The first-order valence-corrected chi connectivity index (χ1v) is 6.07. The molecule has 2 nitrogen and oxygen atoms in total. The van der Waals surface area contributed by atoms with Gasteiger partial charge < -0.3 is 4.74 Å². The van der Waals surface area contributed by atoms with Gasteiger partial charge in [0.25, 0.3) is 0 Å². The lowest BCUT2D eigenvalue weighted by molar-refractivity contribution is -0.117. The molecule has 2 heteroatoms. The maximum Gasteiger partial charge on any atom is 0.159 e. The Hall–Kier alpha value is -1.57. The van der Waals surface area contributed by atoms with Gasteiger partial charge in [0, 0.05) is 6.42 Å². The minimum absolute atomic E-state index is 0.298. The molecule has 1 fully saturated rings. The van der Waals surface area contributed by atoms with Gasteiger partial charge in [-0.05, 0) is 48.1 Å². The average Bonchev–Trinajstić information content (AvgIpc) is 2.33. The third-order valence-electron chi connectivity index (χ3n) is 3.23. The smallest absolute Gasteiger partial charge is 0.159 e. The third kappa shape index (κ3) is 2.96. The van der Waals surface area contributed by atoms with E-state index in [9.17, 15) is 4.79 Å². The number of rotatable bonds is 2. The number of hydrogen-bond acceptors (Lipinski definition) is 2. The van der Waals surface area contributed by atoms with Crippen molar-refractivity contribution in [3.63, 3.8) is 0 Å². The van der Waals surface area contributed by atoms with Gasteiger partial charge in [0.15, 0.2) is 5.78 Å². The average molecular weight is 230 g/mol. The van der Waals surface area contributed by atoms with Crippen LogP contribution in [0.1, 0.15) is 31.7 Å². The minimum atomic E-state index is 0.298. The SMILES string of the molecule is COc1cccc(/C=C2/CCC(C)CC2=O)c1. The van der Waals surface area contributed by atoms with E-state index in [2.05, 4.69) is 6.92 Å². The molecule has 1 aliphatic carbocycles. The van der Waals surface area contributed by atoms with Crippen molar-refractivity contribution < 1.29 is 9.53 Å². The Bertz CT molecular complexity index is 446. The zero-order valence-electron chi connectivity index (χ0n) is 10.4. The van der Waals surface area contributed by atoms with Gasteiger partial charge in [0.2, 0.25) is 0 Å². The van der Waals surface area contributed by atoms with E-state index in [1.807, 2.05) is 30.3 Å². The fourth-order valence-corrected chi connectivity index (χ4v) is 2.18. The van der Waals surface area contributed by atoms with Gasteiger partial charge in [-0.2, -0.15) is 0 Å². The lowest BCUT2D eigenvalue weighted by atomic mass is 9.85. The van der Waals surface area contributed by atoms with Gasteiger partial charge in [0.05, 0.1) is 7.11 Å². The van der Waals surface area contributed by atoms with Crippen LogP contribution >= 0.6 is 0 Å². The molecule has 0 N–H and O–H groups in total. The molecule has 0 bridgehead atoms. The molecule has 0 saturated heterocycles. The molecule has 17 heavy (non-hydrogen) atoms. The first-order valence-electron chi connectivity index (χ1n) is 6.07. The molecule has 0 heterocycles. The summed E-state index contributed by atoms with van der Waals surface area (Å²) < 4.78 is 5.17. The predicted octanol–water partition coefficient (Wildman–Crippen LogP) is 3.47. The number of carbonyl (C=O) groups is 1. The van der Waals surface area contributed by atoms with Gasteiger partial charge in [-0.15, -0.1) is 0 Å². The number of ether oxygens (including phenoxy) is 1. The van der Waals surface area contributed by atoms with E-state index in [-0.39, 0.29) is 0 Å². The molecular weight excluding hydrogens is 212 g/mol. The number of methoxy groups -OCH3 is 1. The molecule has 0 aromatic heterocycles. The normalized spacial score (nSPS) is 22.8. The number of benzene rings is 1. The Kier molecular flexibility index (Phi) is 3.62. The maximum atomic E-state index is 11.9. The molecule has 2 rings (SSSR count). The van der Waals surface area contributed by atoms with E-state index < -0.39 is 0 Å². The Morgan fingerprint density at radius 2 is 2.24 bits per heavy atom. The molecule has 0 amide bonds. The number of ketones is 1. The highest BCUT2D eigenvalue weighted by Crippen LogP contribution is 2.27. The van der Waals surface area contributed by atoms with Crippen LogP contribution in [-0.2, 0) is 4.79 Å². The molecule has 1 atom stereocenters. The van der Waals surface area contributed by atoms with E-state index in [1.165, 1.54) is 0 Å². The van der Waals surface area contributed by atoms with Crippen molar-refractivity contribution in [3.05, 3.63) is 35.4 Å². The van der Waals surface area contributed by atoms with E-state index in [0.29, 0.717) is 18.1 Å². The molecule has 1 aromatic carbocycles. The first kappa shape index (κ1) is 11.9. The number of allylic oxidation sites excluding steroid dienone is 1. The van der Waals surface area contributed by atoms with E-state index in [1.54, 1.807) is 7.11 Å². The summed E-state index contributed by atoms with van der Waals surface area (Å²) in [5.74, 6) is 1.66. The van der Waals surface area contributed by atoms with Gasteiger partial charge in [-0.1, -0.05) is 19.1 Å². The Morgan fingerprint density at radius 1 is 1.41 bits per heavy atom. The van der Waals surface area contributed by atoms with E-state index >= 15 is 0 Å². The zero-order valence-corrected chi connectivity index (χ0v) is 10.4. The topological polar surface area (TPSA) is 26.3 Å². The monoisotopic (exact) mass is 230 g/mol. The summed E-state index contributed by atoms with van der Waals surface area (Å²) in [6.45, 7) is 2.14. The van der Waals surface area contributed by atoms with Crippen LogP contribution in [0.3, 0.4) is 0 Å². The summed E-state index contributed by atoms with van der Waals surface area (Å²) in [7, 11) is 1.65.